The molecule has 2 aromatic heterocycles. The van der Waals surface area contributed by atoms with E-state index in [-0.39, 0.29) is 11.6 Å². The van der Waals surface area contributed by atoms with E-state index < -0.39 is 0 Å². The first-order valence-corrected chi connectivity index (χ1v) is 7.45. The quantitative estimate of drug-likeness (QED) is 0.906. The molecule has 1 amide bonds. The van der Waals surface area contributed by atoms with Crippen LogP contribution in [0.3, 0.4) is 0 Å². The molecule has 0 aliphatic carbocycles. The van der Waals surface area contributed by atoms with E-state index >= 15 is 0 Å². The van der Waals surface area contributed by atoms with Gasteiger partial charge >= 0.3 is 0 Å². The van der Waals surface area contributed by atoms with Crippen LogP contribution in [0, 0.1) is 6.92 Å². The maximum Gasteiger partial charge on any atom is 0.279 e. The van der Waals surface area contributed by atoms with Crippen LogP contribution in [0.1, 0.15) is 39.9 Å². The number of aromatic nitrogens is 2. The average Bonchev–Trinajstić information content (AvgIpc) is 3.09. The monoisotopic (exact) mass is 292 g/mol. The molecule has 1 aliphatic rings. The zero-order valence-corrected chi connectivity index (χ0v) is 12.0. The van der Waals surface area contributed by atoms with Crippen molar-refractivity contribution in [1.29, 1.82) is 0 Å². The van der Waals surface area contributed by atoms with Gasteiger partial charge in [-0.05, 0) is 38.8 Å². The van der Waals surface area contributed by atoms with E-state index in [1.165, 1.54) is 16.2 Å². The maximum absolute atomic E-state index is 11.9. The Morgan fingerprint density at radius 3 is 3.00 bits per heavy atom. The highest BCUT2D eigenvalue weighted by Crippen LogP contribution is 2.31. The molecule has 6 nitrogen and oxygen atoms in total. The fourth-order valence-corrected chi connectivity index (χ4v) is 3.25. The van der Waals surface area contributed by atoms with Crippen LogP contribution in [0.5, 0.6) is 0 Å². The van der Waals surface area contributed by atoms with E-state index in [1.54, 1.807) is 13.0 Å². The Kier molecular flexibility index (Phi) is 3.79. The van der Waals surface area contributed by atoms with Crippen molar-refractivity contribution in [1.82, 2.24) is 15.5 Å². The molecule has 0 radical (unpaired) electrons. The molecule has 2 N–H and O–H groups in total. The number of aryl methyl sites for hydroxylation is 1. The number of nitrogens with one attached hydrogen (secondary N) is 2. The molecule has 3 heterocycles. The molecule has 0 saturated carbocycles. The first kappa shape index (κ1) is 13.3. The summed E-state index contributed by atoms with van der Waals surface area (Å²) in [5, 5.41) is 10.4. The number of nitrogens with zero attached hydrogens (tertiary/aromatic N) is 2. The lowest BCUT2D eigenvalue weighted by Gasteiger charge is -2.20. The minimum atomic E-state index is -0.284. The van der Waals surface area contributed by atoms with Crippen LogP contribution in [0.4, 0.5) is 5.13 Å². The van der Waals surface area contributed by atoms with Crippen molar-refractivity contribution in [2.75, 3.05) is 18.4 Å². The molecule has 1 fully saturated rings. The summed E-state index contributed by atoms with van der Waals surface area (Å²) < 4.78 is 4.89. The molecule has 0 bridgehead atoms. The highest BCUT2D eigenvalue weighted by atomic mass is 32.1. The van der Waals surface area contributed by atoms with Crippen molar-refractivity contribution in [3.8, 4) is 0 Å². The topological polar surface area (TPSA) is 80.0 Å². The summed E-state index contributed by atoms with van der Waals surface area (Å²) in [6.45, 7) is 3.84. The van der Waals surface area contributed by atoms with Gasteiger partial charge in [-0.15, -0.1) is 11.3 Å². The van der Waals surface area contributed by atoms with Crippen LogP contribution >= 0.6 is 11.3 Å². The lowest BCUT2D eigenvalue weighted by atomic mass is 9.97. The van der Waals surface area contributed by atoms with Gasteiger partial charge in [0.2, 0.25) is 0 Å². The largest absolute Gasteiger partial charge is 0.361 e. The number of carbonyl (C=O) groups is 1. The van der Waals surface area contributed by atoms with Gasteiger partial charge in [0.1, 0.15) is 5.76 Å². The summed E-state index contributed by atoms with van der Waals surface area (Å²) in [6.07, 6.45) is 4.11. The molecular formula is C13H16N4O2S. The number of thiazole rings is 1. The Bertz CT molecular complexity index is 601. The van der Waals surface area contributed by atoms with Gasteiger partial charge in [-0.1, -0.05) is 5.16 Å². The number of hydrogen-bond donors (Lipinski definition) is 2. The Hall–Kier alpha value is -1.73. The molecular weight excluding hydrogens is 276 g/mol. The first-order valence-electron chi connectivity index (χ1n) is 6.63. The average molecular weight is 292 g/mol. The third-order valence-corrected chi connectivity index (χ3v) is 4.42. The predicted octanol–water partition coefficient (Wildman–Crippen LogP) is 2.16. The summed E-state index contributed by atoms with van der Waals surface area (Å²) in [4.78, 5) is 17.4. The van der Waals surface area contributed by atoms with Crippen LogP contribution in [0.2, 0.25) is 0 Å². The minimum Gasteiger partial charge on any atom is -0.361 e. The summed E-state index contributed by atoms with van der Waals surface area (Å²) >= 11 is 1.54. The summed E-state index contributed by atoms with van der Waals surface area (Å²) in [5.74, 6) is 0.881. The van der Waals surface area contributed by atoms with Crippen molar-refractivity contribution in [2.24, 2.45) is 0 Å². The number of amides is 1. The maximum atomic E-state index is 11.9. The van der Waals surface area contributed by atoms with Crippen molar-refractivity contribution >= 4 is 22.4 Å². The molecule has 1 saturated heterocycles. The molecule has 0 aromatic carbocycles. The Labute approximate surface area is 120 Å². The standard InChI is InChI=1S/C13H16N4O2S/c1-8-6-10(17-19-8)12(18)16-13-15-7-11(20-13)9-2-4-14-5-3-9/h6-7,9,14H,2-5H2,1H3,(H,15,16,18). The van der Waals surface area contributed by atoms with E-state index in [1.807, 2.05) is 6.20 Å². The van der Waals surface area contributed by atoms with E-state index in [0.29, 0.717) is 16.8 Å². The van der Waals surface area contributed by atoms with Crippen molar-refractivity contribution in [3.63, 3.8) is 0 Å². The fourth-order valence-electron chi connectivity index (χ4n) is 2.27. The normalized spacial score (nSPS) is 16.2. The van der Waals surface area contributed by atoms with Gasteiger partial charge in [-0.3, -0.25) is 10.1 Å². The second kappa shape index (κ2) is 5.72. The second-order valence-electron chi connectivity index (χ2n) is 4.87. The van der Waals surface area contributed by atoms with Gasteiger partial charge in [0.25, 0.3) is 5.91 Å². The van der Waals surface area contributed by atoms with Crippen molar-refractivity contribution < 1.29 is 9.32 Å². The van der Waals surface area contributed by atoms with Gasteiger partial charge in [-0.25, -0.2) is 4.98 Å². The Balaban J connectivity index is 1.66. The third-order valence-electron chi connectivity index (χ3n) is 3.35. The van der Waals surface area contributed by atoms with E-state index in [0.717, 1.165) is 25.9 Å². The third kappa shape index (κ3) is 2.88. The summed E-state index contributed by atoms with van der Waals surface area (Å²) in [7, 11) is 0. The lowest BCUT2D eigenvalue weighted by molar-refractivity contribution is 0.101. The molecule has 2 aromatic rings. The number of carbonyl (C=O) groups excluding carboxylic acids is 1. The lowest BCUT2D eigenvalue weighted by Crippen LogP contribution is -2.26. The van der Waals surface area contributed by atoms with Crippen LogP contribution in [-0.4, -0.2) is 29.1 Å². The minimum absolute atomic E-state index is 0.279. The van der Waals surface area contributed by atoms with Gasteiger partial charge in [0.15, 0.2) is 10.8 Å². The van der Waals surface area contributed by atoms with E-state index in [4.69, 9.17) is 4.52 Å². The number of piperidine rings is 1. The van der Waals surface area contributed by atoms with Crippen molar-refractivity contribution in [2.45, 2.75) is 25.7 Å². The van der Waals surface area contributed by atoms with Gasteiger partial charge in [-0.2, -0.15) is 0 Å². The SMILES string of the molecule is Cc1cc(C(=O)Nc2ncc(C3CCNCC3)s2)no1. The molecule has 0 spiro atoms. The van der Waals surface area contributed by atoms with E-state index in [2.05, 4.69) is 20.8 Å². The summed E-state index contributed by atoms with van der Waals surface area (Å²) in [6, 6.07) is 1.61. The van der Waals surface area contributed by atoms with Crippen LogP contribution in [0.15, 0.2) is 16.8 Å². The predicted molar refractivity (Wildman–Crippen MR) is 76.2 cm³/mol. The summed E-state index contributed by atoms with van der Waals surface area (Å²) in [5.41, 5.74) is 0.279. The van der Waals surface area contributed by atoms with Crippen LogP contribution in [-0.2, 0) is 0 Å². The molecule has 20 heavy (non-hydrogen) atoms. The number of rotatable bonds is 3. The fraction of sp³-hybridized carbons (Fsp3) is 0.462. The smallest absolute Gasteiger partial charge is 0.279 e. The Morgan fingerprint density at radius 2 is 2.30 bits per heavy atom. The zero-order valence-electron chi connectivity index (χ0n) is 11.2. The molecule has 1 aliphatic heterocycles. The molecule has 0 atom stereocenters. The molecule has 7 heteroatoms. The second-order valence-corrected chi connectivity index (χ2v) is 5.93. The van der Waals surface area contributed by atoms with E-state index in [9.17, 15) is 4.79 Å². The highest BCUT2D eigenvalue weighted by Gasteiger charge is 2.19. The van der Waals surface area contributed by atoms with Crippen LogP contribution in [0.25, 0.3) is 0 Å². The highest BCUT2D eigenvalue weighted by molar-refractivity contribution is 7.15. The zero-order chi connectivity index (χ0) is 13.9. The van der Waals surface area contributed by atoms with Crippen LogP contribution < -0.4 is 10.6 Å². The van der Waals surface area contributed by atoms with Crippen molar-refractivity contribution in [3.05, 3.63) is 28.6 Å². The molecule has 3 rings (SSSR count). The Morgan fingerprint density at radius 1 is 1.50 bits per heavy atom. The van der Waals surface area contributed by atoms with Gasteiger partial charge in [0, 0.05) is 17.1 Å². The molecule has 0 unspecified atom stereocenters. The van der Waals surface area contributed by atoms with Gasteiger partial charge in [0.05, 0.1) is 0 Å². The number of hydrogen-bond acceptors (Lipinski definition) is 6. The number of anilines is 1. The van der Waals surface area contributed by atoms with Gasteiger partial charge < -0.3 is 9.84 Å². The molecule has 106 valence electrons. The first-order chi connectivity index (χ1) is 9.72.